The number of hydrogen-bond donors (Lipinski definition) is 1. The van der Waals surface area contributed by atoms with Gasteiger partial charge in [0.2, 0.25) is 11.8 Å². The molecule has 1 aliphatic rings. The van der Waals surface area contributed by atoms with Crippen molar-refractivity contribution in [3.8, 4) is 11.8 Å². The number of rotatable bonds is 13. The number of pyridine rings is 1. The topological polar surface area (TPSA) is 119 Å². The minimum atomic E-state index is -0.247. The zero-order chi connectivity index (χ0) is 33.5. The molecule has 1 saturated heterocycles. The van der Waals surface area contributed by atoms with Crippen LogP contribution in [-0.4, -0.2) is 77.9 Å². The monoisotopic (exact) mass is 680 g/mol. The first-order chi connectivity index (χ1) is 22.7. The molecule has 13 heteroatoms. The molecule has 47 heavy (non-hydrogen) atoms. The van der Waals surface area contributed by atoms with Crippen LogP contribution < -0.4 is 19.7 Å². The predicted octanol–water partition coefficient (Wildman–Crippen LogP) is 5.14. The van der Waals surface area contributed by atoms with Crippen molar-refractivity contribution in [1.82, 2.24) is 24.8 Å². The summed E-state index contributed by atoms with van der Waals surface area (Å²) < 4.78 is 13.7. The van der Waals surface area contributed by atoms with Gasteiger partial charge in [0.15, 0.2) is 0 Å². The first-order valence-corrected chi connectivity index (χ1v) is 16.2. The van der Waals surface area contributed by atoms with E-state index in [-0.39, 0.29) is 54.5 Å². The van der Waals surface area contributed by atoms with E-state index in [0.29, 0.717) is 66.0 Å². The molecular weight excluding hydrogens is 643 g/mol. The summed E-state index contributed by atoms with van der Waals surface area (Å²) in [4.78, 5) is 50.2. The number of halogens is 2. The Morgan fingerprint density at radius 3 is 2.53 bits per heavy atom. The number of fused-ring (bicyclic) bond motifs is 1. The van der Waals surface area contributed by atoms with E-state index in [1.807, 2.05) is 45.9 Å². The van der Waals surface area contributed by atoms with E-state index in [1.54, 1.807) is 39.5 Å². The normalized spacial score (nSPS) is 13.8. The van der Waals surface area contributed by atoms with Crippen LogP contribution in [0.2, 0.25) is 10.0 Å². The van der Waals surface area contributed by atoms with Gasteiger partial charge in [-0.2, -0.15) is 4.98 Å². The fraction of sp³-hybridized carbons (Fsp3) is 0.382. The average molecular weight is 682 g/mol. The number of ether oxygens (including phenoxy) is 2. The first-order valence-electron chi connectivity index (χ1n) is 15.4. The largest absolute Gasteiger partial charge is 0.486 e. The van der Waals surface area contributed by atoms with Crippen molar-refractivity contribution in [1.29, 1.82) is 0 Å². The third-order valence-electron chi connectivity index (χ3n) is 8.43. The number of Topliss-reactive ketones (excluding diaryl/α,β-unsaturated/α-hetero) is 1. The maximum atomic E-state index is 13.1. The van der Waals surface area contributed by atoms with Gasteiger partial charge in [-0.25, -0.2) is 0 Å². The molecule has 4 aromatic rings. The van der Waals surface area contributed by atoms with Crippen LogP contribution >= 0.6 is 23.2 Å². The highest BCUT2D eigenvalue weighted by molar-refractivity contribution is 6.38. The molecule has 3 heterocycles. The average Bonchev–Trinajstić information content (AvgIpc) is 3.45. The third kappa shape index (κ3) is 8.04. The van der Waals surface area contributed by atoms with Crippen LogP contribution in [0.4, 0.5) is 5.69 Å². The second-order valence-electron chi connectivity index (χ2n) is 11.4. The maximum absolute atomic E-state index is 13.1. The molecular formula is C34H38Cl2N6O5. The fourth-order valence-corrected chi connectivity index (χ4v) is 6.35. The van der Waals surface area contributed by atoms with Gasteiger partial charge in [-0.1, -0.05) is 35.3 Å². The van der Waals surface area contributed by atoms with Crippen LogP contribution in [0.25, 0.3) is 11.0 Å². The molecule has 0 spiro atoms. The Labute approximate surface area is 283 Å². The summed E-state index contributed by atoms with van der Waals surface area (Å²) >= 11 is 13.4. The van der Waals surface area contributed by atoms with Gasteiger partial charge >= 0.3 is 0 Å². The number of imidazole rings is 1. The Morgan fingerprint density at radius 2 is 1.83 bits per heavy atom. The molecule has 0 bridgehead atoms. The van der Waals surface area contributed by atoms with Crippen molar-refractivity contribution < 1.29 is 23.9 Å². The Kier molecular flexibility index (Phi) is 11.3. The van der Waals surface area contributed by atoms with Crippen LogP contribution in [0.15, 0.2) is 54.7 Å². The minimum absolute atomic E-state index is 0.0143. The summed E-state index contributed by atoms with van der Waals surface area (Å²) in [6.45, 7) is 2.11. The molecule has 2 amide bonds. The number of piperidine rings is 1. The number of methoxy groups -OCH3 is 1. The number of anilines is 1. The number of hydrogen-bond acceptors (Lipinski definition) is 8. The van der Waals surface area contributed by atoms with Crippen molar-refractivity contribution in [3.05, 3.63) is 76.0 Å². The van der Waals surface area contributed by atoms with Gasteiger partial charge in [-0.05, 0) is 62.3 Å². The van der Waals surface area contributed by atoms with E-state index in [1.165, 1.54) is 4.90 Å². The van der Waals surface area contributed by atoms with Gasteiger partial charge < -0.3 is 19.7 Å². The highest BCUT2D eigenvalue weighted by atomic mass is 35.5. The molecule has 0 atom stereocenters. The van der Waals surface area contributed by atoms with Crippen molar-refractivity contribution in [2.45, 2.75) is 38.8 Å². The lowest BCUT2D eigenvalue weighted by Crippen LogP contribution is -2.41. The molecule has 5 rings (SSSR count). The number of nitrogens with zero attached hydrogens (tertiary/aromatic N) is 5. The lowest BCUT2D eigenvalue weighted by atomic mass is 9.96. The van der Waals surface area contributed by atoms with Crippen LogP contribution in [0, 0.1) is 5.92 Å². The molecule has 2 aromatic carbocycles. The number of amides is 2. The van der Waals surface area contributed by atoms with Gasteiger partial charge in [0, 0.05) is 49.6 Å². The summed E-state index contributed by atoms with van der Waals surface area (Å²) in [7, 11) is 4.83. The number of carbonyl (C=O) groups is 3. The van der Waals surface area contributed by atoms with E-state index in [9.17, 15) is 14.4 Å². The maximum Gasteiger partial charge on any atom is 0.297 e. The second-order valence-corrected chi connectivity index (χ2v) is 12.2. The second kappa shape index (κ2) is 15.6. The van der Waals surface area contributed by atoms with Crippen LogP contribution in [0.3, 0.4) is 0 Å². The number of carbonyl (C=O) groups excluding carboxylic acids is 3. The van der Waals surface area contributed by atoms with E-state index in [0.717, 1.165) is 11.2 Å². The third-order valence-corrected chi connectivity index (χ3v) is 9.21. The van der Waals surface area contributed by atoms with Gasteiger partial charge in [0.05, 0.1) is 42.1 Å². The number of ketones is 1. The molecule has 0 unspecified atom stereocenters. The Balaban J connectivity index is 1.22. The first kappa shape index (κ1) is 34.2. The van der Waals surface area contributed by atoms with E-state index >= 15 is 0 Å². The summed E-state index contributed by atoms with van der Waals surface area (Å²) in [6.07, 6.45) is 3.33. The highest BCUT2D eigenvalue weighted by Gasteiger charge is 2.26. The van der Waals surface area contributed by atoms with Crippen molar-refractivity contribution in [2.24, 2.45) is 5.92 Å². The number of benzene rings is 2. The zero-order valence-electron chi connectivity index (χ0n) is 26.7. The molecule has 1 N–H and O–H groups in total. The molecule has 0 radical (unpaired) electrons. The molecule has 11 nitrogen and oxygen atoms in total. The quantitative estimate of drug-likeness (QED) is 0.206. The molecule has 0 saturated carbocycles. The minimum Gasteiger partial charge on any atom is -0.486 e. The van der Waals surface area contributed by atoms with Gasteiger partial charge in [-0.15, -0.1) is 0 Å². The summed E-state index contributed by atoms with van der Waals surface area (Å²) in [5.74, 6) is 0.277. The summed E-state index contributed by atoms with van der Waals surface area (Å²) in [5, 5.41) is 3.36. The molecule has 1 aliphatic heterocycles. The summed E-state index contributed by atoms with van der Waals surface area (Å²) in [5.41, 5.74) is 3.25. The van der Waals surface area contributed by atoms with Gasteiger partial charge in [0.1, 0.15) is 23.7 Å². The predicted molar refractivity (Wildman–Crippen MR) is 181 cm³/mol. The van der Waals surface area contributed by atoms with Gasteiger partial charge in [-0.3, -0.25) is 28.8 Å². The molecule has 2 aromatic heterocycles. The van der Waals surface area contributed by atoms with Gasteiger partial charge in [0.25, 0.3) is 6.01 Å². The van der Waals surface area contributed by atoms with E-state index in [2.05, 4.69) is 15.3 Å². The lowest BCUT2D eigenvalue weighted by Gasteiger charge is -2.30. The number of likely N-dealkylation sites (tertiary alicyclic amines) is 1. The van der Waals surface area contributed by atoms with Crippen molar-refractivity contribution in [2.75, 3.05) is 45.7 Å². The highest BCUT2D eigenvalue weighted by Crippen LogP contribution is 2.36. The fourth-order valence-electron chi connectivity index (χ4n) is 5.74. The van der Waals surface area contributed by atoms with Crippen molar-refractivity contribution >= 4 is 57.5 Å². The summed E-state index contributed by atoms with van der Waals surface area (Å²) in [6, 6.07) is 15.1. The van der Waals surface area contributed by atoms with Crippen LogP contribution in [0.1, 0.15) is 36.9 Å². The van der Waals surface area contributed by atoms with E-state index in [4.69, 9.17) is 32.7 Å². The smallest absolute Gasteiger partial charge is 0.297 e. The lowest BCUT2D eigenvalue weighted by molar-refractivity contribution is -0.127. The SMILES string of the molecule is CNC(=O)C1CCN(CC(=O)CCC(=O)N(C)c2ccc(Cl)c(COc3cccc4c3nc(OC)n4Cc3ccccn3)c2Cl)CC1. The Morgan fingerprint density at radius 1 is 1.04 bits per heavy atom. The molecule has 1 fully saturated rings. The number of aromatic nitrogens is 3. The van der Waals surface area contributed by atoms with Crippen molar-refractivity contribution in [3.63, 3.8) is 0 Å². The van der Waals surface area contributed by atoms with Crippen LogP contribution in [0.5, 0.6) is 11.8 Å². The zero-order valence-corrected chi connectivity index (χ0v) is 28.2. The number of nitrogens with one attached hydrogen (secondary N) is 1. The molecule has 248 valence electrons. The molecule has 0 aliphatic carbocycles. The standard InChI is InChI=1S/C34H38Cl2N6O5/c1-37-33(45)22-14-17-41(18-15-22)20-24(43)10-13-30(44)40(2)27-12-11-26(35)25(31(27)36)21-47-29-9-6-8-28-32(29)39-34(46-3)42(28)19-23-7-4-5-16-38-23/h4-9,11-12,16,22H,10,13-15,17-21H2,1-3H3,(H,37,45). The van der Waals surface area contributed by atoms with E-state index < -0.39 is 0 Å². The Bertz CT molecular complexity index is 1740. The Hall–Kier alpha value is -4.19. The van der Waals surface area contributed by atoms with Crippen LogP contribution in [-0.2, 0) is 27.5 Å². The number of para-hydroxylation sites is 1.